The summed E-state index contributed by atoms with van der Waals surface area (Å²) in [7, 11) is -3.99. The molecule has 6 nitrogen and oxygen atoms in total. The van der Waals surface area contributed by atoms with Crippen LogP contribution in [0.15, 0.2) is 124 Å². The number of allylic oxidation sites excluding steroid dienone is 2. The quantitative estimate of drug-likeness (QED) is 0.118. The molecule has 4 aromatic carbocycles. The molecule has 0 amide bonds. The number of hydrogen-bond donors (Lipinski definition) is 2. The standard InChI is InChI=1S/C46H47NO5S3/c1-31-10-8-23-45(2)40(38-21-19-32(26-36(48)20-18-31)27-39(38)44(49)42-28-34-12-4-6-16-41(34)54-42)22-24-46(45,50)30-47(55(51,52)43-17-9-25-53-43)29-35-14-7-13-33-11-3-5-15-37(33)35/h3-7,9-17,19,21,25,27-28,36,40,48,50H,8,18,20,22-24,26,29-30H2,1-2H3. The van der Waals surface area contributed by atoms with Gasteiger partial charge in [0.1, 0.15) is 4.21 Å². The molecule has 9 heteroatoms. The molecule has 4 unspecified atom stereocenters. The highest BCUT2D eigenvalue weighted by molar-refractivity contribution is 7.91. The molecule has 6 aromatic rings. The van der Waals surface area contributed by atoms with E-state index in [1.807, 2.05) is 91.0 Å². The van der Waals surface area contributed by atoms with E-state index in [0.29, 0.717) is 49.0 Å². The lowest BCUT2D eigenvalue weighted by atomic mass is 9.65. The smallest absolute Gasteiger partial charge is 0.252 e. The van der Waals surface area contributed by atoms with Crippen LogP contribution in [0.5, 0.6) is 0 Å². The van der Waals surface area contributed by atoms with Gasteiger partial charge in [-0.3, -0.25) is 4.79 Å². The second-order valence-corrected chi connectivity index (χ2v) is 20.0. The van der Waals surface area contributed by atoms with Crippen molar-refractivity contribution in [1.29, 1.82) is 0 Å². The minimum absolute atomic E-state index is 0.0639. The molecule has 284 valence electrons. The number of thiophene rings is 2. The number of nitrogens with zero attached hydrogens (tertiary/aromatic N) is 1. The van der Waals surface area contributed by atoms with E-state index in [1.165, 1.54) is 32.6 Å². The van der Waals surface area contributed by atoms with Crippen LogP contribution >= 0.6 is 22.7 Å². The second-order valence-electron chi connectivity index (χ2n) is 15.8. The lowest BCUT2D eigenvalue weighted by molar-refractivity contribution is -0.0731. The summed E-state index contributed by atoms with van der Waals surface area (Å²) in [6.45, 7) is 4.22. The molecular weight excluding hydrogens is 743 g/mol. The van der Waals surface area contributed by atoms with Gasteiger partial charge in [-0.2, -0.15) is 4.31 Å². The minimum Gasteiger partial charge on any atom is -0.393 e. The van der Waals surface area contributed by atoms with Gasteiger partial charge in [0.05, 0.1) is 16.6 Å². The van der Waals surface area contributed by atoms with Gasteiger partial charge in [-0.1, -0.05) is 97.4 Å². The van der Waals surface area contributed by atoms with E-state index in [9.17, 15) is 23.4 Å². The first-order chi connectivity index (χ1) is 26.4. The third-order valence-electron chi connectivity index (χ3n) is 12.3. The fraction of sp³-hybridized carbons (Fsp3) is 0.326. The van der Waals surface area contributed by atoms with E-state index in [2.05, 4.69) is 19.9 Å². The van der Waals surface area contributed by atoms with Crippen molar-refractivity contribution >= 4 is 59.3 Å². The van der Waals surface area contributed by atoms with Gasteiger partial charge in [0.25, 0.3) is 10.0 Å². The second kappa shape index (κ2) is 15.2. The fourth-order valence-corrected chi connectivity index (χ4v) is 12.7. The highest BCUT2D eigenvalue weighted by Crippen LogP contribution is 2.59. The van der Waals surface area contributed by atoms with E-state index in [4.69, 9.17) is 0 Å². The van der Waals surface area contributed by atoms with Gasteiger partial charge >= 0.3 is 0 Å². The van der Waals surface area contributed by atoms with Crippen molar-refractivity contribution in [2.24, 2.45) is 5.41 Å². The first-order valence-electron chi connectivity index (χ1n) is 19.2. The van der Waals surface area contributed by atoms with E-state index in [-0.39, 0.29) is 29.0 Å². The van der Waals surface area contributed by atoms with Crippen LogP contribution in [0.1, 0.15) is 90.2 Å². The highest BCUT2D eigenvalue weighted by Gasteiger charge is 2.58. The number of hydrogen-bond acceptors (Lipinski definition) is 7. The van der Waals surface area contributed by atoms with Gasteiger partial charge in [-0.25, -0.2) is 8.42 Å². The molecule has 3 aliphatic rings. The molecular formula is C46H47NO5S3. The normalized spacial score (nSPS) is 23.5. The molecule has 1 fully saturated rings. The third kappa shape index (κ3) is 7.27. The van der Waals surface area contributed by atoms with Crippen molar-refractivity contribution in [2.75, 3.05) is 6.54 Å². The topological polar surface area (TPSA) is 94.9 Å². The third-order valence-corrected chi connectivity index (χ3v) is 16.6. The number of rotatable bonds is 8. The first-order valence-corrected chi connectivity index (χ1v) is 22.3. The van der Waals surface area contributed by atoms with Gasteiger partial charge in [0.2, 0.25) is 5.78 Å². The number of carbonyl (C=O) groups is 1. The van der Waals surface area contributed by atoms with Crippen LogP contribution in [-0.4, -0.2) is 47.0 Å². The van der Waals surface area contributed by atoms with Crippen LogP contribution < -0.4 is 0 Å². The summed E-state index contributed by atoms with van der Waals surface area (Å²) in [5, 5.41) is 29.1. The maximum Gasteiger partial charge on any atom is 0.252 e. The summed E-state index contributed by atoms with van der Waals surface area (Å²) in [6.07, 6.45) is 5.70. The number of benzene rings is 4. The Balaban J connectivity index is 1.24. The predicted molar refractivity (Wildman–Crippen MR) is 225 cm³/mol. The van der Waals surface area contributed by atoms with Gasteiger partial charge in [0.15, 0.2) is 0 Å². The summed E-state index contributed by atoms with van der Waals surface area (Å²) in [4.78, 5) is 15.3. The van der Waals surface area contributed by atoms with Crippen LogP contribution in [0.25, 0.3) is 20.9 Å². The molecule has 9 rings (SSSR count). The van der Waals surface area contributed by atoms with E-state index in [1.54, 1.807) is 17.5 Å². The largest absolute Gasteiger partial charge is 0.393 e. The number of aliphatic hydroxyl groups excluding tert-OH is 1. The summed E-state index contributed by atoms with van der Waals surface area (Å²) in [6, 6.07) is 33.3. The number of sulfonamides is 1. The zero-order chi connectivity index (χ0) is 38.4. The molecule has 0 radical (unpaired) electrons. The molecule has 0 saturated heterocycles. The summed E-state index contributed by atoms with van der Waals surface area (Å²) < 4.78 is 32.0. The average Bonchev–Trinajstić information content (AvgIpc) is 3.93. The van der Waals surface area contributed by atoms with E-state index in [0.717, 1.165) is 44.0 Å². The Labute approximate surface area is 331 Å². The van der Waals surface area contributed by atoms with Crippen molar-refractivity contribution in [3.05, 3.63) is 147 Å². The minimum atomic E-state index is -3.99. The molecule has 55 heavy (non-hydrogen) atoms. The van der Waals surface area contributed by atoms with Crippen LogP contribution in [0, 0.1) is 5.41 Å². The SMILES string of the molecule is CC1=CCCC2(C)C(CCC2(O)CN(Cc2cccc3ccccc23)S(=O)(=O)c2cccs2)c2ccc(cc2C(=O)c2cc3ccccc3s2)CC(O)CC1. The molecule has 2 bridgehead atoms. The van der Waals surface area contributed by atoms with Crippen molar-refractivity contribution in [3.8, 4) is 0 Å². The maximum atomic E-state index is 14.7. The summed E-state index contributed by atoms with van der Waals surface area (Å²) in [5.41, 5.74) is 2.21. The van der Waals surface area contributed by atoms with Crippen LogP contribution in [0.2, 0.25) is 0 Å². The van der Waals surface area contributed by atoms with Crippen molar-refractivity contribution in [1.82, 2.24) is 4.31 Å². The molecule has 1 saturated carbocycles. The molecule has 2 heterocycles. The van der Waals surface area contributed by atoms with E-state index < -0.39 is 27.1 Å². The average molecular weight is 790 g/mol. The Kier molecular flexibility index (Phi) is 10.5. The molecule has 4 atom stereocenters. The number of fused-ring (bicyclic) bond motifs is 10. The number of carbonyl (C=O) groups excluding carboxylic acids is 1. The lowest BCUT2D eigenvalue weighted by Crippen LogP contribution is -2.53. The fourth-order valence-electron chi connectivity index (χ4n) is 9.10. The first kappa shape index (κ1) is 37.9. The summed E-state index contributed by atoms with van der Waals surface area (Å²) in [5.74, 6) is -0.295. The van der Waals surface area contributed by atoms with Gasteiger partial charge in [-0.05, 0) is 120 Å². The van der Waals surface area contributed by atoms with Crippen molar-refractivity contribution < 1.29 is 23.4 Å². The monoisotopic (exact) mass is 789 g/mol. The van der Waals surface area contributed by atoms with Gasteiger partial charge < -0.3 is 10.2 Å². The molecule has 0 spiro atoms. The van der Waals surface area contributed by atoms with E-state index >= 15 is 0 Å². The lowest BCUT2D eigenvalue weighted by Gasteiger charge is -2.46. The Hall–Kier alpha value is -3.96. The Morgan fingerprint density at radius 2 is 1.69 bits per heavy atom. The van der Waals surface area contributed by atoms with Crippen LogP contribution in [0.4, 0.5) is 0 Å². The summed E-state index contributed by atoms with van der Waals surface area (Å²) >= 11 is 2.67. The van der Waals surface area contributed by atoms with Crippen molar-refractivity contribution in [3.63, 3.8) is 0 Å². The predicted octanol–water partition coefficient (Wildman–Crippen LogP) is 10.3. The molecule has 2 aromatic heterocycles. The van der Waals surface area contributed by atoms with Gasteiger partial charge in [0, 0.05) is 28.8 Å². The zero-order valence-electron chi connectivity index (χ0n) is 31.3. The number of aliphatic hydroxyl groups is 2. The molecule has 3 aliphatic carbocycles. The van der Waals surface area contributed by atoms with Crippen LogP contribution in [0.3, 0.4) is 0 Å². The Morgan fingerprint density at radius 1 is 0.909 bits per heavy atom. The van der Waals surface area contributed by atoms with Crippen molar-refractivity contribution in [2.45, 2.75) is 87.2 Å². The van der Waals surface area contributed by atoms with Crippen LogP contribution in [-0.2, 0) is 23.0 Å². The number of ketones is 1. The molecule has 2 N–H and O–H groups in total. The molecule has 0 aliphatic heterocycles. The van der Waals surface area contributed by atoms with Gasteiger partial charge in [-0.15, -0.1) is 22.7 Å². The maximum absolute atomic E-state index is 14.7. The highest BCUT2D eigenvalue weighted by atomic mass is 32.2. The Morgan fingerprint density at radius 3 is 2.49 bits per heavy atom. The Bertz CT molecular complexity index is 2470. The zero-order valence-corrected chi connectivity index (χ0v) is 33.7.